The van der Waals surface area contributed by atoms with Crippen LogP contribution >= 0.6 is 0 Å². The van der Waals surface area contributed by atoms with Gasteiger partial charge in [0.2, 0.25) is 0 Å². The van der Waals surface area contributed by atoms with E-state index in [1.807, 2.05) is 57.1 Å². The van der Waals surface area contributed by atoms with Gasteiger partial charge in [-0.05, 0) is 62.6 Å². The third-order valence-corrected chi connectivity index (χ3v) is 7.78. The zero-order chi connectivity index (χ0) is 26.0. The first-order valence-electron chi connectivity index (χ1n) is 13.0. The normalized spacial score (nSPS) is 25.0. The van der Waals surface area contributed by atoms with Crippen molar-refractivity contribution in [3.63, 3.8) is 0 Å². The Labute approximate surface area is 213 Å². The molecule has 1 saturated carbocycles. The standard InChI is InChI=1S/C29H38N2O5/c1-17-16-22-26(27(32)23(17)28(33)35-5)25(19-12-14-20(15-13-19)31(3)4)24(18(2)30-22)29(34)36-21-10-8-6-7-9-11-21/h12-15,17,21,23,25,30H,6-11,16H2,1-5H3/t17-,23-,25-/m0/s1. The molecule has 1 aromatic carbocycles. The number of dihydropyridines is 1. The zero-order valence-electron chi connectivity index (χ0n) is 22.1. The SMILES string of the molecule is COC(=O)[C@@H]1C(=O)C2=C(C[C@@H]1C)NC(C)=C(C(=O)OC1CCCCCC1)[C@@H]2c1ccc(N(C)C)cc1. The molecule has 1 N–H and O–H groups in total. The van der Waals surface area contributed by atoms with Crippen LogP contribution in [0.1, 0.15) is 70.3 Å². The van der Waals surface area contributed by atoms with Crippen molar-refractivity contribution in [2.45, 2.75) is 70.8 Å². The Bertz CT molecular complexity index is 1080. The number of methoxy groups -OCH3 is 1. The monoisotopic (exact) mass is 494 g/mol. The fourth-order valence-corrected chi connectivity index (χ4v) is 5.82. The third-order valence-electron chi connectivity index (χ3n) is 7.78. The molecule has 0 radical (unpaired) electrons. The molecule has 1 aromatic rings. The van der Waals surface area contributed by atoms with Crippen LogP contribution in [0.2, 0.25) is 0 Å². The number of nitrogens with zero attached hydrogens (tertiary/aromatic N) is 1. The lowest BCUT2D eigenvalue weighted by Gasteiger charge is -2.38. The van der Waals surface area contributed by atoms with Gasteiger partial charge in [-0.2, -0.15) is 0 Å². The predicted octanol–water partition coefficient (Wildman–Crippen LogP) is 4.63. The molecule has 0 amide bonds. The Hall–Kier alpha value is -3.09. The summed E-state index contributed by atoms with van der Waals surface area (Å²) in [4.78, 5) is 42.2. The molecule has 7 heteroatoms. The van der Waals surface area contributed by atoms with Crippen molar-refractivity contribution in [3.05, 3.63) is 52.4 Å². The molecule has 2 aliphatic carbocycles. The maximum absolute atomic E-state index is 13.9. The summed E-state index contributed by atoms with van der Waals surface area (Å²) >= 11 is 0. The molecule has 0 aromatic heterocycles. The van der Waals surface area contributed by atoms with E-state index in [-0.39, 0.29) is 23.8 Å². The summed E-state index contributed by atoms with van der Waals surface area (Å²) in [7, 11) is 5.24. The van der Waals surface area contributed by atoms with E-state index in [1.54, 1.807) is 0 Å². The van der Waals surface area contributed by atoms with Crippen LogP contribution in [-0.4, -0.2) is 45.0 Å². The molecule has 0 saturated heterocycles. The number of hydrogen-bond acceptors (Lipinski definition) is 7. The van der Waals surface area contributed by atoms with Gasteiger partial charge in [0.25, 0.3) is 0 Å². The van der Waals surface area contributed by atoms with E-state index in [9.17, 15) is 14.4 Å². The summed E-state index contributed by atoms with van der Waals surface area (Å²) < 4.78 is 11.0. The first kappa shape index (κ1) is 26.0. The lowest BCUT2D eigenvalue weighted by molar-refractivity contribution is -0.151. The van der Waals surface area contributed by atoms with Crippen LogP contribution in [0, 0.1) is 11.8 Å². The number of hydrogen-bond donors (Lipinski definition) is 1. The number of carbonyl (C=O) groups excluding carboxylic acids is 3. The Morgan fingerprint density at radius 3 is 2.25 bits per heavy atom. The molecule has 0 bridgehead atoms. The largest absolute Gasteiger partial charge is 0.468 e. The van der Waals surface area contributed by atoms with Gasteiger partial charge in [0.1, 0.15) is 12.0 Å². The van der Waals surface area contributed by atoms with E-state index >= 15 is 0 Å². The van der Waals surface area contributed by atoms with Crippen molar-refractivity contribution in [3.8, 4) is 0 Å². The average molecular weight is 495 g/mol. The van der Waals surface area contributed by atoms with Crippen molar-refractivity contribution in [1.82, 2.24) is 5.32 Å². The molecule has 1 aliphatic heterocycles. The number of allylic oxidation sites excluding steroid dienone is 3. The zero-order valence-corrected chi connectivity index (χ0v) is 22.1. The van der Waals surface area contributed by atoms with E-state index in [1.165, 1.54) is 7.11 Å². The number of nitrogens with one attached hydrogen (secondary N) is 1. The third kappa shape index (κ3) is 5.06. The summed E-state index contributed by atoms with van der Waals surface area (Å²) in [6.07, 6.45) is 6.57. The second-order valence-corrected chi connectivity index (χ2v) is 10.5. The Kier molecular flexibility index (Phi) is 7.86. The van der Waals surface area contributed by atoms with Gasteiger partial charge in [-0.25, -0.2) is 4.79 Å². The maximum Gasteiger partial charge on any atom is 0.337 e. The minimum atomic E-state index is -0.892. The van der Waals surface area contributed by atoms with Crippen LogP contribution in [0.4, 0.5) is 5.69 Å². The summed E-state index contributed by atoms with van der Waals surface area (Å²) in [6.45, 7) is 3.76. The molecule has 36 heavy (non-hydrogen) atoms. The summed E-state index contributed by atoms with van der Waals surface area (Å²) in [6, 6.07) is 7.88. The molecule has 4 rings (SSSR count). The summed E-state index contributed by atoms with van der Waals surface area (Å²) in [5, 5.41) is 3.34. The first-order chi connectivity index (χ1) is 17.2. The van der Waals surface area contributed by atoms with E-state index < -0.39 is 17.8 Å². The lowest BCUT2D eigenvalue weighted by atomic mass is 9.69. The molecule has 1 heterocycles. The number of benzene rings is 1. The van der Waals surface area contributed by atoms with Crippen molar-refractivity contribution in [1.29, 1.82) is 0 Å². The number of ketones is 1. The van der Waals surface area contributed by atoms with Crippen LogP contribution in [0.15, 0.2) is 46.8 Å². The summed E-state index contributed by atoms with van der Waals surface area (Å²) in [5.41, 5.74) is 4.24. The number of carbonyl (C=O) groups is 3. The van der Waals surface area contributed by atoms with Crippen LogP contribution in [-0.2, 0) is 23.9 Å². The fourth-order valence-electron chi connectivity index (χ4n) is 5.82. The minimum absolute atomic E-state index is 0.114. The van der Waals surface area contributed by atoms with Gasteiger partial charge < -0.3 is 19.7 Å². The van der Waals surface area contributed by atoms with Crippen molar-refractivity contribution < 1.29 is 23.9 Å². The van der Waals surface area contributed by atoms with Crippen LogP contribution < -0.4 is 10.2 Å². The van der Waals surface area contributed by atoms with Gasteiger partial charge in [0.15, 0.2) is 5.78 Å². The smallest absolute Gasteiger partial charge is 0.337 e. The number of Topliss-reactive ketones (excluding diaryl/α,β-unsaturated/α-hetero) is 1. The van der Waals surface area contributed by atoms with Gasteiger partial charge in [-0.1, -0.05) is 31.9 Å². The van der Waals surface area contributed by atoms with Crippen LogP contribution in [0.3, 0.4) is 0 Å². The van der Waals surface area contributed by atoms with Crippen LogP contribution in [0.25, 0.3) is 0 Å². The average Bonchev–Trinajstić information content (AvgIpc) is 3.11. The van der Waals surface area contributed by atoms with Gasteiger partial charge in [0.05, 0.1) is 12.7 Å². The van der Waals surface area contributed by atoms with Crippen molar-refractivity contribution >= 4 is 23.4 Å². The Morgan fingerprint density at radius 1 is 1.03 bits per heavy atom. The molecular formula is C29H38N2O5. The molecule has 194 valence electrons. The van der Waals surface area contributed by atoms with E-state index in [2.05, 4.69) is 5.32 Å². The second kappa shape index (κ2) is 10.9. The van der Waals surface area contributed by atoms with Gasteiger partial charge in [-0.3, -0.25) is 9.59 Å². The summed E-state index contributed by atoms with van der Waals surface area (Å²) in [5.74, 6) is -2.91. The van der Waals surface area contributed by atoms with Gasteiger partial charge >= 0.3 is 11.9 Å². The molecule has 0 spiro atoms. The van der Waals surface area contributed by atoms with Crippen molar-refractivity contribution in [2.75, 3.05) is 26.1 Å². The van der Waals surface area contributed by atoms with Crippen molar-refractivity contribution in [2.24, 2.45) is 11.8 Å². The highest BCUT2D eigenvalue weighted by Crippen LogP contribution is 2.46. The molecule has 3 atom stereocenters. The number of rotatable bonds is 5. The first-order valence-corrected chi connectivity index (χ1v) is 13.0. The topological polar surface area (TPSA) is 84.9 Å². The van der Waals surface area contributed by atoms with Gasteiger partial charge in [-0.15, -0.1) is 0 Å². The highest BCUT2D eigenvalue weighted by atomic mass is 16.5. The molecule has 1 fully saturated rings. The van der Waals surface area contributed by atoms with E-state index in [0.717, 1.165) is 55.5 Å². The van der Waals surface area contributed by atoms with Crippen LogP contribution in [0.5, 0.6) is 0 Å². The Morgan fingerprint density at radius 2 is 1.67 bits per heavy atom. The van der Waals surface area contributed by atoms with Gasteiger partial charge in [0, 0.05) is 42.7 Å². The fraction of sp³-hybridized carbons (Fsp3) is 0.552. The number of esters is 2. The molecular weight excluding hydrogens is 456 g/mol. The maximum atomic E-state index is 13.9. The molecule has 7 nitrogen and oxygen atoms in total. The molecule has 3 aliphatic rings. The Balaban J connectivity index is 1.77. The lowest BCUT2D eigenvalue weighted by Crippen LogP contribution is -2.43. The molecule has 0 unspecified atom stereocenters. The quantitative estimate of drug-likeness (QED) is 0.363. The van der Waals surface area contributed by atoms with E-state index in [4.69, 9.17) is 9.47 Å². The second-order valence-electron chi connectivity index (χ2n) is 10.5. The highest BCUT2D eigenvalue weighted by Gasteiger charge is 2.47. The highest BCUT2D eigenvalue weighted by molar-refractivity contribution is 6.12. The number of anilines is 1. The number of ether oxygens (including phenoxy) is 2. The minimum Gasteiger partial charge on any atom is -0.468 e. The predicted molar refractivity (Wildman–Crippen MR) is 138 cm³/mol. The van der Waals surface area contributed by atoms with E-state index in [0.29, 0.717) is 23.3 Å².